The zero-order valence-corrected chi connectivity index (χ0v) is 41.3. The second kappa shape index (κ2) is 36.6. The van der Waals surface area contributed by atoms with Crippen LogP contribution in [0, 0.1) is 0 Å². The quantitative estimate of drug-likeness (QED) is 0.0535. The van der Waals surface area contributed by atoms with E-state index >= 15 is 0 Å². The van der Waals surface area contributed by atoms with Crippen molar-refractivity contribution in [2.75, 3.05) is 68.0 Å². The maximum atomic E-state index is 13.4. The number of aliphatic carboxylic acids is 1. The maximum Gasteiger partial charge on any atom is 0.408 e. The second-order valence-corrected chi connectivity index (χ2v) is 16.3. The minimum atomic E-state index is -1.17. The van der Waals surface area contributed by atoms with Gasteiger partial charge in [-0.2, -0.15) is 0 Å². The summed E-state index contributed by atoms with van der Waals surface area (Å²) in [6, 6.07) is 16.5. The summed E-state index contributed by atoms with van der Waals surface area (Å²) in [7, 11) is 6.00. The normalized spacial score (nSPS) is 11.8. The second-order valence-electron chi connectivity index (χ2n) is 16.3. The lowest BCUT2D eigenvalue weighted by Gasteiger charge is -2.30. The average Bonchev–Trinajstić information content (AvgIpc) is 3.25. The number of carboxylic acids is 1. The number of carbonyl (C=O) groups is 6. The summed E-state index contributed by atoms with van der Waals surface area (Å²) in [6.45, 7) is 14.1. The Labute approximate surface area is 402 Å². The molecule has 388 valence electrons. The van der Waals surface area contributed by atoms with Crippen LogP contribution in [0.5, 0.6) is 0 Å². The van der Waals surface area contributed by atoms with Crippen LogP contribution in [0.1, 0.15) is 93.2 Å². The minimum Gasteiger partial charge on any atom is -0.480 e. The molecule has 3 N–H and O–H groups in total. The molecule has 20 heteroatoms. The van der Waals surface area contributed by atoms with Crippen LogP contribution in [0.25, 0.3) is 0 Å². The summed E-state index contributed by atoms with van der Waals surface area (Å²) in [5.74, 6) is -2.50. The molecule has 0 saturated heterocycles. The Balaban J connectivity index is 0. The van der Waals surface area contributed by atoms with Crippen molar-refractivity contribution < 1.29 is 81.2 Å². The van der Waals surface area contributed by atoms with Crippen LogP contribution in [0.15, 0.2) is 60.7 Å². The number of alkyl carbamates (subject to hydrolysis) is 2. The summed E-state index contributed by atoms with van der Waals surface area (Å²) < 4.78 is 51.4. The number of nitrogens with zero attached hydrogens (tertiary/aromatic N) is 1. The summed E-state index contributed by atoms with van der Waals surface area (Å²) in [6.07, 6.45) is -0.688. The molecule has 20 nitrogen and oxygen atoms in total. The van der Waals surface area contributed by atoms with Gasteiger partial charge in [-0.1, -0.05) is 68.1 Å². The fraction of sp³-hybridized carbons (Fsp3) is 0.625. The van der Waals surface area contributed by atoms with Crippen molar-refractivity contribution in [2.24, 2.45) is 0 Å². The first kappa shape index (κ1) is 64.7. The van der Waals surface area contributed by atoms with Gasteiger partial charge in [-0.25, -0.2) is 14.4 Å². The molecule has 3 amide bonds. The molecule has 0 spiro atoms. The lowest BCUT2D eigenvalue weighted by atomic mass is 10.2. The third kappa shape index (κ3) is 33.2. The number of carbonyl (C=O) groups excluding carboxylic acids is 5. The Kier molecular flexibility index (Phi) is 34.9. The molecular formula is C48H79N3O17. The third-order valence-electron chi connectivity index (χ3n) is 8.25. The van der Waals surface area contributed by atoms with Gasteiger partial charge in [0.25, 0.3) is 0 Å². The summed E-state index contributed by atoms with van der Waals surface area (Å²) in [5, 5.41) is 13.9. The van der Waals surface area contributed by atoms with Crippen molar-refractivity contribution in [1.82, 2.24) is 15.5 Å². The molecule has 0 aromatic heterocycles. The number of methoxy groups -OCH3 is 4. The van der Waals surface area contributed by atoms with Crippen molar-refractivity contribution in [3.8, 4) is 0 Å². The first-order chi connectivity index (χ1) is 31.6. The monoisotopic (exact) mass is 970 g/mol. The zero-order chi connectivity index (χ0) is 50.8. The van der Waals surface area contributed by atoms with Gasteiger partial charge in [0.2, 0.25) is 5.91 Å². The molecule has 68 heavy (non-hydrogen) atoms. The molecule has 0 unspecified atom stereocenters. The van der Waals surface area contributed by atoms with Crippen LogP contribution >= 0.6 is 0 Å². The number of hydrogen-bond donors (Lipinski definition) is 3. The number of hydrogen-bond acceptors (Lipinski definition) is 16. The number of carboxylic acid groups (broad SMARTS) is 1. The van der Waals surface area contributed by atoms with Crippen molar-refractivity contribution in [3.63, 3.8) is 0 Å². The largest absolute Gasteiger partial charge is 0.480 e. The van der Waals surface area contributed by atoms with Gasteiger partial charge < -0.3 is 68.0 Å². The summed E-state index contributed by atoms with van der Waals surface area (Å²) in [4.78, 5) is 72.6. The van der Waals surface area contributed by atoms with E-state index in [-0.39, 0.29) is 65.8 Å². The van der Waals surface area contributed by atoms with E-state index in [4.69, 9.17) is 52.5 Å². The van der Waals surface area contributed by atoms with Gasteiger partial charge in [0.05, 0.1) is 46.2 Å². The van der Waals surface area contributed by atoms with Gasteiger partial charge in [-0.15, -0.1) is 0 Å². The number of esters is 2. The number of ether oxygens (including phenoxy) is 10. The molecule has 0 heterocycles. The van der Waals surface area contributed by atoms with E-state index < -0.39 is 59.6 Å². The summed E-state index contributed by atoms with van der Waals surface area (Å²) in [5.41, 5.74) is 0.393. The highest BCUT2D eigenvalue weighted by Gasteiger charge is 2.31. The fourth-order valence-electron chi connectivity index (χ4n) is 5.21. The number of amides is 3. The highest BCUT2D eigenvalue weighted by atomic mass is 16.7. The van der Waals surface area contributed by atoms with Gasteiger partial charge in [-0.05, 0) is 79.4 Å². The van der Waals surface area contributed by atoms with Gasteiger partial charge in [-0.3, -0.25) is 14.4 Å². The first-order valence-electron chi connectivity index (χ1n) is 21.8. The standard InChI is InChI=1S/C23H36N2O8.C15H21NO5.C9H18O4.CH4/c1-7-32-19(26)13-25(14-20(29-5)30-6)21(27)18(24-22(28)33-23(2,3)4)16-31-15-17-11-9-8-10-12-17;1-15(2,3)21-14(19)16-12(13(17)18)10-20-9-11-7-5-4-6-8-11;1-4-13-8(10)6-5-7-9(11-2)12-3;/h8-12,18,20H,7,13-16H2,1-6H3,(H,24,28);4-8,12H,9-10H2,1-3H3,(H,16,19)(H,17,18);9H,4-7H2,1-3H3;1H4/t18-;12-;;/m00../s1. The molecule has 0 aliphatic carbocycles. The van der Waals surface area contributed by atoms with Crippen LogP contribution in [0.2, 0.25) is 0 Å². The van der Waals surface area contributed by atoms with Crippen LogP contribution in [-0.4, -0.2) is 150 Å². The van der Waals surface area contributed by atoms with Crippen molar-refractivity contribution in [3.05, 3.63) is 71.8 Å². The number of rotatable bonds is 26. The first-order valence-corrected chi connectivity index (χ1v) is 21.8. The van der Waals surface area contributed by atoms with Gasteiger partial charge in [0, 0.05) is 34.9 Å². The maximum absolute atomic E-state index is 13.4. The molecule has 2 aromatic carbocycles. The Hall–Kier alpha value is -5.38. The van der Waals surface area contributed by atoms with Gasteiger partial charge in [0.1, 0.15) is 23.8 Å². The molecule has 0 saturated carbocycles. The zero-order valence-electron chi connectivity index (χ0n) is 41.3. The molecule has 2 atom stereocenters. The van der Waals surface area contributed by atoms with Crippen molar-refractivity contribution >= 4 is 36.0 Å². The highest BCUT2D eigenvalue weighted by molar-refractivity contribution is 5.88. The van der Waals surface area contributed by atoms with E-state index in [1.165, 1.54) is 19.1 Å². The van der Waals surface area contributed by atoms with Crippen molar-refractivity contribution in [1.29, 1.82) is 0 Å². The predicted octanol–water partition coefficient (Wildman–Crippen LogP) is 6.26. The van der Waals surface area contributed by atoms with Crippen LogP contribution in [-0.2, 0) is 79.8 Å². The minimum absolute atomic E-state index is 0. The van der Waals surface area contributed by atoms with E-state index in [9.17, 15) is 28.8 Å². The van der Waals surface area contributed by atoms with E-state index in [1.54, 1.807) is 69.6 Å². The smallest absolute Gasteiger partial charge is 0.408 e. The molecule has 2 aromatic rings. The molecular weight excluding hydrogens is 891 g/mol. The van der Waals surface area contributed by atoms with E-state index in [0.717, 1.165) is 17.5 Å². The van der Waals surface area contributed by atoms with Crippen LogP contribution in [0.3, 0.4) is 0 Å². The van der Waals surface area contributed by atoms with E-state index in [0.29, 0.717) is 19.4 Å². The molecule has 0 aliphatic heterocycles. The molecule has 0 radical (unpaired) electrons. The number of nitrogens with one attached hydrogen (secondary N) is 2. The predicted molar refractivity (Wildman–Crippen MR) is 252 cm³/mol. The van der Waals surface area contributed by atoms with Gasteiger partial charge >= 0.3 is 30.1 Å². The molecule has 0 fully saturated rings. The average molecular weight is 970 g/mol. The van der Waals surface area contributed by atoms with E-state index in [2.05, 4.69) is 10.6 Å². The van der Waals surface area contributed by atoms with Crippen LogP contribution < -0.4 is 10.6 Å². The Morgan fingerprint density at radius 2 is 1.03 bits per heavy atom. The van der Waals surface area contributed by atoms with Crippen LogP contribution in [0.4, 0.5) is 9.59 Å². The SMILES string of the molecule is C.CC(C)(C)OC(=O)N[C@@H](COCc1ccccc1)C(=O)O.CCOC(=O)CCCC(OC)OC.CCOC(=O)CN(CC(OC)OC)C(=O)[C@H](COCc1ccccc1)NC(=O)OC(C)(C)C. The highest BCUT2D eigenvalue weighted by Crippen LogP contribution is 2.11. The summed E-state index contributed by atoms with van der Waals surface area (Å²) >= 11 is 0. The molecule has 0 bridgehead atoms. The van der Waals surface area contributed by atoms with E-state index in [1.807, 2.05) is 60.7 Å². The fourth-order valence-corrected chi connectivity index (χ4v) is 5.21. The molecule has 0 aliphatic rings. The Morgan fingerprint density at radius 3 is 1.43 bits per heavy atom. The molecule has 2 rings (SSSR count). The third-order valence-corrected chi connectivity index (χ3v) is 8.25. The number of benzene rings is 2. The lowest BCUT2D eigenvalue weighted by Crippen LogP contribution is -2.54. The van der Waals surface area contributed by atoms with Gasteiger partial charge in [0.15, 0.2) is 18.6 Å². The Bertz CT molecular complexity index is 1680. The Morgan fingerprint density at radius 1 is 0.618 bits per heavy atom. The van der Waals surface area contributed by atoms with Crippen molar-refractivity contribution in [2.45, 2.75) is 131 Å². The lowest BCUT2D eigenvalue weighted by molar-refractivity contribution is -0.158. The topological polar surface area (TPSA) is 242 Å².